The second kappa shape index (κ2) is 11.5. The molecular formula is C13H28N2O3. The molecule has 0 aliphatic carbocycles. The highest BCUT2D eigenvalue weighted by atomic mass is 16.5. The lowest BCUT2D eigenvalue weighted by atomic mass is 10.1. The molecule has 5 heteroatoms. The van der Waals surface area contributed by atoms with Crippen molar-refractivity contribution in [2.45, 2.75) is 58.1 Å². The summed E-state index contributed by atoms with van der Waals surface area (Å²) >= 11 is 0. The molecule has 0 spiro atoms. The SMILES string of the molecule is CCCCCC/C=C\N(O)N[C@@H](COC)[C@H](C)O. The number of hydroxylamine groups is 1. The largest absolute Gasteiger partial charge is 0.392 e. The molecule has 2 atom stereocenters. The van der Waals surface area contributed by atoms with E-state index in [1.165, 1.54) is 19.3 Å². The number of hydrazine groups is 1. The minimum absolute atomic E-state index is 0.329. The highest BCUT2D eigenvalue weighted by Crippen LogP contribution is 2.03. The minimum Gasteiger partial charge on any atom is -0.392 e. The van der Waals surface area contributed by atoms with Gasteiger partial charge >= 0.3 is 0 Å². The van der Waals surface area contributed by atoms with Gasteiger partial charge in [0, 0.05) is 13.3 Å². The van der Waals surface area contributed by atoms with Crippen molar-refractivity contribution in [2.24, 2.45) is 0 Å². The number of allylic oxidation sites excluding steroid dienone is 1. The van der Waals surface area contributed by atoms with E-state index in [9.17, 15) is 10.3 Å². The first-order valence-corrected chi connectivity index (χ1v) is 6.69. The summed E-state index contributed by atoms with van der Waals surface area (Å²) in [6, 6.07) is -0.329. The fourth-order valence-corrected chi connectivity index (χ4v) is 1.54. The van der Waals surface area contributed by atoms with Gasteiger partial charge in [-0.2, -0.15) is 5.17 Å². The van der Waals surface area contributed by atoms with E-state index in [4.69, 9.17) is 4.74 Å². The van der Waals surface area contributed by atoms with Gasteiger partial charge in [0.2, 0.25) is 0 Å². The van der Waals surface area contributed by atoms with Crippen LogP contribution < -0.4 is 5.43 Å². The van der Waals surface area contributed by atoms with E-state index >= 15 is 0 Å². The van der Waals surface area contributed by atoms with Crippen LogP contribution in [0.3, 0.4) is 0 Å². The summed E-state index contributed by atoms with van der Waals surface area (Å²) in [7, 11) is 1.56. The molecule has 0 aliphatic heterocycles. The van der Waals surface area contributed by atoms with Crippen LogP contribution in [0.1, 0.15) is 46.0 Å². The highest BCUT2D eigenvalue weighted by molar-refractivity contribution is 4.79. The Bertz CT molecular complexity index is 210. The van der Waals surface area contributed by atoms with Crippen molar-refractivity contribution in [3.63, 3.8) is 0 Å². The van der Waals surface area contributed by atoms with Gasteiger partial charge < -0.3 is 9.84 Å². The average molecular weight is 260 g/mol. The van der Waals surface area contributed by atoms with Gasteiger partial charge in [0.05, 0.1) is 18.8 Å². The molecule has 0 saturated carbocycles. The lowest BCUT2D eigenvalue weighted by Gasteiger charge is -2.24. The number of methoxy groups -OCH3 is 1. The number of ether oxygens (including phenoxy) is 1. The van der Waals surface area contributed by atoms with Crippen molar-refractivity contribution in [1.82, 2.24) is 10.6 Å². The zero-order valence-corrected chi connectivity index (χ0v) is 11.8. The maximum absolute atomic E-state index is 9.57. The third-order valence-electron chi connectivity index (χ3n) is 2.70. The molecular weight excluding hydrogens is 232 g/mol. The summed E-state index contributed by atoms with van der Waals surface area (Å²) in [4.78, 5) is 0. The molecule has 108 valence electrons. The van der Waals surface area contributed by atoms with Gasteiger partial charge in [-0.15, -0.1) is 0 Å². The Balaban J connectivity index is 3.78. The van der Waals surface area contributed by atoms with Crippen LogP contribution in [0.15, 0.2) is 12.3 Å². The summed E-state index contributed by atoms with van der Waals surface area (Å²) in [6.45, 7) is 4.17. The first-order chi connectivity index (χ1) is 8.61. The third-order valence-corrected chi connectivity index (χ3v) is 2.70. The van der Waals surface area contributed by atoms with Crippen LogP contribution in [-0.2, 0) is 4.74 Å². The molecule has 5 nitrogen and oxygen atoms in total. The van der Waals surface area contributed by atoms with Crippen molar-refractivity contribution in [2.75, 3.05) is 13.7 Å². The van der Waals surface area contributed by atoms with Crippen LogP contribution in [0.25, 0.3) is 0 Å². The molecule has 0 aromatic carbocycles. The summed E-state index contributed by atoms with van der Waals surface area (Å²) < 4.78 is 4.95. The van der Waals surface area contributed by atoms with Gasteiger partial charge in [0.1, 0.15) is 0 Å². The molecule has 0 fully saturated rings. The average Bonchev–Trinajstić information content (AvgIpc) is 2.33. The second-order valence-electron chi connectivity index (χ2n) is 4.51. The van der Waals surface area contributed by atoms with E-state index in [0.29, 0.717) is 6.61 Å². The number of rotatable bonds is 11. The monoisotopic (exact) mass is 260 g/mol. The third kappa shape index (κ3) is 9.41. The number of unbranched alkanes of at least 4 members (excludes halogenated alkanes) is 4. The number of hydrogen-bond acceptors (Lipinski definition) is 5. The van der Waals surface area contributed by atoms with Crippen LogP contribution in [0.4, 0.5) is 0 Å². The Morgan fingerprint density at radius 3 is 2.61 bits per heavy atom. The number of nitrogens with one attached hydrogen (secondary N) is 1. The van der Waals surface area contributed by atoms with Gasteiger partial charge in [-0.1, -0.05) is 32.3 Å². The predicted molar refractivity (Wildman–Crippen MR) is 72.0 cm³/mol. The highest BCUT2D eigenvalue weighted by Gasteiger charge is 2.15. The number of nitrogens with zero attached hydrogens (tertiary/aromatic N) is 1. The maximum atomic E-state index is 9.57. The van der Waals surface area contributed by atoms with Crippen molar-refractivity contribution in [3.8, 4) is 0 Å². The van der Waals surface area contributed by atoms with Crippen molar-refractivity contribution in [1.29, 1.82) is 0 Å². The van der Waals surface area contributed by atoms with Crippen LogP contribution in [-0.4, -0.2) is 41.3 Å². The second-order valence-corrected chi connectivity index (χ2v) is 4.51. The lowest BCUT2D eigenvalue weighted by molar-refractivity contribution is -0.117. The molecule has 0 aromatic rings. The molecule has 0 rings (SSSR count). The summed E-state index contributed by atoms with van der Waals surface area (Å²) in [5.74, 6) is 0. The quantitative estimate of drug-likeness (QED) is 0.392. The normalized spacial score (nSPS) is 14.9. The topological polar surface area (TPSA) is 65.0 Å². The van der Waals surface area contributed by atoms with E-state index in [2.05, 4.69) is 12.3 Å². The Morgan fingerprint density at radius 2 is 2.06 bits per heavy atom. The first-order valence-electron chi connectivity index (χ1n) is 6.69. The van der Waals surface area contributed by atoms with Gasteiger partial charge in [0.25, 0.3) is 0 Å². The van der Waals surface area contributed by atoms with Gasteiger partial charge in [-0.05, 0) is 19.8 Å². The predicted octanol–water partition coefficient (Wildman–Crippen LogP) is 2.06. The van der Waals surface area contributed by atoms with Crippen LogP contribution >= 0.6 is 0 Å². The fourth-order valence-electron chi connectivity index (χ4n) is 1.54. The van der Waals surface area contributed by atoms with Gasteiger partial charge in [-0.25, -0.2) is 5.43 Å². The van der Waals surface area contributed by atoms with Gasteiger partial charge in [0.15, 0.2) is 0 Å². The molecule has 0 saturated heterocycles. The molecule has 0 radical (unpaired) electrons. The number of aliphatic hydroxyl groups is 1. The van der Waals surface area contributed by atoms with E-state index < -0.39 is 6.10 Å². The minimum atomic E-state index is -0.599. The Hall–Kier alpha value is -0.620. The van der Waals surface area contributed by atoms with Crippen LogP contribution in [0.5, 0.6) is 0 Å². The summed E-state index contributed by atoms with van der Waals surface area (Å²) in [5.41, 5.74) is 2.75. The first kappa shape index (κ1) is 17.4. The Morgan fingerprint density at radius 1 is 1.33 bits per heavy atom. The van der Waals surface area contributed by atoms with Crippen molar-refractivity contribution >= 4 is 0 Å². The molecule has 18 heavy (non-hydrogen) atoms. The standard InChI is InChI=1S/C13H28N2O3/c1-4-5-6-7-8-9-10-15(17)14-13(11-18-3)12(2)16/h9-10,12-14,16-17H,4-8,11H2,1-3H3/b10-9-/t12-,13-/m0/s1. The maximum Gasteiger partial charge on any atom is 0.0776 e. The van der Waals surface area contributed by atoms with E-state index in [0.717, 1.165) is 18.0 Å². The molecule has 0 aliphatic rings. The molecule has 0 aromatic heterocycles. The van der Waals surface area contributed by atoms with Crippen LogP contribution in [0.2, 0.25) is 0 Å². The van der Waals surface area contributed by atoms with E-state index in [1.807, 2.05) is 6.08 Å². The summed E-state index contributed by atoms with van der Waals surface area (Å²) in [6.07, 6.45) is 8.67. The van der Waals surface area contributed by atoms with E-state index in [1.54, 1.807) is 20.2 Å². The molecule has 0 amide bonds. The zero-order chi connectivity index (χ0) is 13.8. The smallest absolute Gasteiger partial charge is 0.0776 e. The molecule has 0 heterocycles. The number of aliphatic hydroxyl groups excluding tert-OH is 1. The van der Waals surface area contributed by atoms with Crippen molar-refractivity contribution in [3.05, 3.63) is 12.3 Å². The van der Waals surface area contributed by atoms with Gasteiger partial charge in [-0.3, -0.25) is 5.21 Å². The fraction of sp³-hybridized carbons (Fsp3) is 0.846. The Labute approximate surface area is 110 Å². The molecule has 0 unspecified atom stereocenters. The molecule has 0 bridgehead atoms. The molecule has 3 N–H and O–H groups in total. The summed E-state index contributed by atoms with van der Waals surface area (Å²) in [5, 5.41) is 19.9. The number of hydrogen-bond donors (Lipinski definition) is 3. The lowest BCUT2D eigenvalue weighted by Crippen LogP contribution is -2.48. The Kier molecular flexibility index (Phi) is 11.1. The van der Waals surface area contributed by atoms with Crippen molar-refractivity contribution < 1.29 is 15.1 Å². The zero-order valence-electron chi connectivity index (χ0n) is 11.8. The van der Waals surface area contributed by atoms with Crippen LogP contribution in [0, 0.1) is 0 Å². The van der Waals surface area contributed by atoms with E-state index in [-0.39, 0.29) is 6.04 Å².